The Kier molecular flexibility index (Phi) is 6.09. The zero-order valence-corrected chi connectivity index (χ0v) is 12.5. The van der Waals surface area contributed by atoms with Crippen LogP contribution in [0.15, 0.2) is 29.2 Å². The highest BCUT2D eigenvalue weighted by Gasteiger charge is 2.27. The summed E-state index contributed by atoms with van der Waals surface area (Å²) in [5, 5.41) is 14.1. The van der Waals surface area contributed by atoms with Crippen LogP contribution in [-0.4, -0.2) is 31.7 Å². The maximum absolute atomic E-state index is 12.3. The maximum Gasteiger partial charge on any atom is 0.287 e. The number of hydrogen-bond donors (Lipinski definition) is 1. The van der Waals surface area contributed by atoms with Crippen molar-refractivity contribution in [1.29, 1.82) is 0 Å². The average Bonchev–Trinajstić information content (AvgIpc) is 2.43. The molecule has 0 radical (unpaired) electrons. The summed E-state index contributed by atoms with van der Waals surface area (Å²) < 4.78 is 24.7. The molecule has 0 aliphatic heterocycles. The first-order valence-corrected chi connectivity index (χ1v) is 8.27. The number of nitro groups is 1. The summed E-state index contributed by atoms with van der Waals surface area (Å²) in [6, 6.07) is 5.27. The van der Waals surface area contributed by atoms with E-state index in [-0.39, 0.29) is 22.4 Å². The summed E-state index contributed by atoms with van der Waals surface area (Å²) in [4.78, 5) is 10.1. The maximum atomic E-state index is 12.3. The number of rotatable bonds is 8. The number of nitrogens with one attached hydrogen (secondary N) is 1. The van der Waals surface area contributed by atoms with E-state index in [9.17, 15) is 18.5 Å². The first-order valence-electron chi connectivity index (χ1n) is 6.62. The van der Waals surface area contributed by atoms with E-state index >= 15 is 0 Å². The molecule has 1 aromatic rings. The summed E-state index contributed by atoms with van der Waals surface area (Å²) >= 11 is 0. The lowest BCUT2D eigenvalue weighted by molar-refractivity contribution is -0.387. The third kappa shape index (κ3) is 4.28. The highest BCUT2D eigenvalue weighted by atomic mass is 32.2. The Hall–Kier alpha value is -1.47. The van der Waals surface area contributed by atoms with E-state index in [1.165, 1.54) is 24.3 Å². The van der Waals surface area contributed by atoms with Crippen molar-refractivity contribution in [3.63, 3.8) is 0 Å². The molecular formula is C13H20N2O4S. The van der Waals surface area contributed by atoms with Crippen molar-refractivity contribution < 1.29 is 13.3 Å². The number of hydrogen-bond acceptors (Lipinski definition) is 5. The third-order valence-electron chi connectivity index (χ3n) is 2.99. The molecule has 112 valence electrons. The van der Waals surface area contributed by atoms with E-state index in [0.717, 1.165) is 13.0 Å². The van der Waals surface area contributed by atoms with Gasteiger partial charge in [-0.2, -0.15) is 0 Å². The fourth-order valence-electron chi connectivity index (χ4n) is 1.90. The lowest BCUT2D eigenvalue weighted by atomic mass is 10.2. The van der Waals surface area contributed by atoms with Crippen LogP contribution in [0.25, 0.3) is 0 Å². The van der Waals surface area contributed by atoms with Crippen molar-refractivity contribution in [2.75, 3.05) is 12.3 Å². The van der Waals surface area contributed by atoms with Crippen LogP contribution in [0.3, 0.4) is 0 Å². The molecule has 6 nitrogen and oxygen atoms in total. The number of nitrogens with zero attached hydrogens (tertiary/aromatic N) is 1. The van der Waals surface area contributed by atoms with Crippen LogP contribution in [-0.2, 0) is 9.84 Å². The Morgan fingerprint density at radius 1 is 1.30 bits per heavy atom. The van der Waals surface area contributed by atoms with Crippen molar-refractivity contribution in [2.24, 2.45) is 0 Å². The standard InChI is InChI=1S/C13H20N2O4S/c1-3-9-14-11(4-2)10-20(18,19)13-8-6-5-7-12(13)15(16)17/h5-8,11,14H,3-4,9-10H2,1-2H3. The largest absolute Gasteiger partial charge is 0.313 e. The van der Waals surface area contributed by atoms with Gasteiger partial charge >= 0.3 is 0 Å². The molecule has 0 amide bonds. The fourth-order valence-corrected chi connectivity index (χ4v) is 3.71. The van der Waals surface area contributed by atoms with Gasteiger partial charge in [0.05, 0.1) is 10.7 Å². The Bertz CT molecular complexity index is 557. The Morgan fingerprint density at radius 3 is 2.50 bits per heavy atom. The summed E-state index contributed by atoms with van der Waals surface area (Å²) in [5.74, 6) is -0.131. The molecule has 0 aliphatic rings. The SMILES string of the molecule is CCCNC(CC)CS(=O)(=O)c1ccccc1[N+](=O)[O-]. The van der Waals surface area contributed by atoms with Gasteiger partial charge in [-0.15, -0.1) is 0 Å². The molecule has 0 saturated carbocycles. The zero-order valence-electron chi connectivity index (χ0n) is 11.7. The van der Waals surface area contributed by atoms with Gasteiger partial charge in [-0.25, -0.2) is 8.42 Å². The van der Waals surface area contributed by atoms with Gasteiger partial charge in [0.1, 0.15) is 4.90 Å². The van der Waals surface area contributed by atoms with Crippen LogP contribution in [0.2, 0.25) is 0 Å². The van der Waals surface area contributed by atoms with E-state index in [1.54, 1.807) is 0 Å². The van der Waals surface area contributed by atoms with Gasteiger partial charge in [0.15, 0.2) is 9.84 Å². The van der Waals surface area contributed by atoms with Gasteiger partial charge in [0, 0.05) is 12.1 Å². The molecule has 1 rings (SSSR count). The second-order valence-electron chi connectivity index (χ2n) is 4.57. The molecule has 0 spiro atoms. The molecule has 0 aromatic heterocycles. The van der Waals surface area contributed by atoms with Gasteiger partial charge < -0.3 is 5.32 Å². The molecule has 1 atom stereocenters. The van der Waals surface area contributed by atoms with Crippen molar-refractivity contribution in [1.82, 2.24) is 5.32 Å². The molecular weight excluding hydrogens is 280 g/mol. The zero-order chi connectivity index (χ0) is 15.2. The van der Waals surface area contributed by atoms with Gasteiger partial charge in [0.2, 0.25) is 0 Å². The van der Waals surface area contributed by atoms with Crippen LogP contribution >= 0.6 is 0 Å². The van der Waals surface area contributed by atoms with Crippen molar-refractivity contribution in [3.05, 3.63) is 34.4 Å². The second-order valence-corrected chi connectivity index (χ2v) is 6.57. The minimum atomic E-state index is -3.68. The number of sulfone groups is 1. The first-order chi connectivity index (χ1) is 9.42. The third-order valence-corrected chi connectivity index (χ3v) is 4.85. The topological polar surface area (TPSA) is 89.3 Å². The fraction of sp³-hybridized carbons (Fsp3) is 0.538. The molecule has 0 heterocycles. The highest BCUT2D eigenvalue weighted by Crippen LogP contribution is 2.24. The van der Waals surface area contributed by atoms with Crippen LogP contribution in [0.5, 0.6) is 0 Å². The molecule has 1 N–H and O–H groups in total. The predicted molar refractivity (Wildman–Crippen MR) is 77.5 cm³/mol. The predicted octanol–water partition coefficient (Wildman–Crippen LogP) is 2.15. The van der Waals surface area contributed by atoms with Crippen molar-refractivity contribution >= 4 is 15.5 Å². The highest BCUT2D eigenvalue weighted by molar-refractivity contribution is 7.91. The van der Waals surface area contributed by atoms with Crippen LogP contribution < -0.4 is 5.32 Å². The molecule has 0 bridgehead atoms. The van der Waals surface area contributed by atoms with E-state index in [4.69, 9.17) is 0 Å². The summed E-state index contributed by atoms with van der Waals surface area (Å²) in [7, 11) is -3.68. The van der Waals surface area contributed by atoms with Gasteiger partial charge in [-0.1, -0.05) is 26.0 Å². The summed E-state index contributed by atoms with van der Waals surface area (Å²) in [5.41, 5.74) is -0.363. The van der Waals surface area contributed by atoms with Gasteiger partial charge in [-0.05, 0) is 25.5 Å². The van der Waals surface area contributed by atoms with E-state index in [1.807, 2.05) is 13.8 Å². The second kappa shape index (κ2) is 7.35. The molecule has 20 heavy (non-hydrogen) atoms. The minimum absolute atomic E-state index is 0.131. The van der Waals surface area contributed by atoms with E-state index in [0.29, 0.717) is 6.42 Å². The van der Waals surface area contributed by atoms with E-state index in [2.05, 4.69) is 5.32 Å². The Labute approximate surface area is 119 Å². The van der Waals surface area contributed by atoms with Crippen LogP contribution in [0.1, 0.15) is 26.7 Å². The molecule has 1 unspecified atom stereocenters. The minimum Gasteiger partial charge on any atom is -0.313 e. The quantitative estimate of drug-likeness (QED) is 0.587. The molecule has 0 saturated heterocycles. The molecule has 0 fully saturated rings. The summed E-state index contributed by atoms with van der Waals surface area (Å²) in [6.07, 6.45) is 1.56. The molecule has 0 aliphatic carbocycles. The Morgan fingerprint density at radius 2 is 1.95 bits per heavy atom. The summed E-state index contributed by atoms with van der Waals surface area (Å²) in [6.45, 7) is 4.61. The van der Waals surface area contributed by atoms with Crippen LogP contribution in [0, 0.1) is 10.1 Å². The monoisotopic (exact) mass is 300 g/mol. The van der Waals surface area contributed by atoms with Crippen LogP contribution in [0.4, 0.5) is 5.69 Å². The Balaban J connectivity index is 3.02. The smallest absolute Gasteiger partial charge is 0.287 e. The molecule has 1 aromatic carbocycles. The van der Waals surface area contributed by atoms with Crippen molar-refractivity contribution in [2.45, 2.75) is 37.6 Å². The normalized spacial score (nSPS) is 13.1. The van der Waals surface area contributed by atoms with Crippen molar-refractivity contribution in [3.8, 4) is 0 Å². The number of nitro benzene ring substituents is 1. The average molecular weight is 300 g/mol. The lowest BCUT2D eigenvalue weighted by Gasteiger charge is -2.16. The number of para-hydroxylation sites is 1. The first kappa shape index (κ1) is 16.6. The molecule has 7 heteroatoms. The van der Waals surface area contributed by atoms with E-state index < -0.39 is 14.8 Å². The van der Waals surface area contributed by atoms with Gasteiger partial charge in [-0.3, -0.25) is 10.1 Å². The lowest BCUT2D eigenvalue weighted by Crippen LogP contribution is -2.35. The number of benzene rings is 1. The van der Waals surface area contributed by atoms with Gasteiger partial charge in [0.25, 0.3) is 5.69 Å².